The van der Waals surface area contributed by atoms with Gasteiger partial charge in [0.1, 0.15) is 0 Å². The predicted molar refractivity (Wildman–Crippen MR) is 76.9 cm³/mol. The van der Waals surface area contributed by atoms with E-state index in [2.05, 4.69) is 37.5 Å². The highest BCUT2D eigenvalue weighted by molar-refractivity contribution is 14.1. The van der Waals surface area contributed by atoms with Crippen molar-refractivity contribution in [1.29, 1.82) is 0 Å². The van der Waals surface area contributed by atoms with E-state index in [1.807, 2.05) is 30.7 Å². The zero-order valence-electron chi connectivity index (χ0n) is 9.03. The Bertz CT molecular complexity index is 548. The average Bonchev–Trinajstić information content (AvgIpc) is 2.64. The summed E-state index contributed by atoms with van der Waals surface area (Å²) in [6, 6.07) is 5.93. The summed E-state index contributed by atoms with van der Waals surface area (Å²) in [4.78, 5) is 4.26. The molecular weight excluding hydrogens is 349 g/mol. The molecule has 1 aliphatic rings. The molecular formula is C12H11ClIN3. The number of nitrogens with one attached hydrogen (secondary N) is 1. The van der Waals surface area contributed by atoms with E-state index < -0.39 is 0 Å². The lowest BCUT2D eigenvalue weighted by atomic mass is 10.00. The Balaban J connectivity index is 2.05. The topological polar surface area (TPSA) is 29.9 Å². The van der Waals surface area contributed by atoms with E-state index in [9.17, 15) is 0 Å². The van der Waals surface area contributed by atoms with Gasteiger partial charge in [-0.1, -0.05) is 11.6 Å². The van der Waals surface area contributed by atoms with Gasteiger partial charge in [-0.25, -0.2) is 4.98 Å². The van der Waals surface area contributed by atoms with Gasteiger partial charge >= 0.3 is 0 Å². The van der Waals surface area contributed by atoms with E-state index in [-0.39, 0.29) is 0 Å². The maximum atomic E-state index is 5.98. The number of benzene rings is 1. The van der Waals surface area contributed by atoms with Gasteiger partial charge in [0.05, 0.1) is 12.0 Å². The first-order valence-corrected chi connectivity index (χ1v) is 6.90. The molecule has 1 fully saturated rings. The molecule has 17 heavy (non-hydrogen) atoms. The number of hydrogen-bond donors (Lipinski definition) is 1. The van der Waals surface area contributed by atoms with Crippen molar-refractivity contribution in [1.82, 2.24) is 14.9 Å². The van der Waals surface area contributed by atoms with Gasteiger partial charge in [0, 0.05) is 39.5 Å². The average molecular weight is 360 g/mol. The molecule has 5 heteroatoms. The second-order valence-corrected chi connectivity index (χ2v) is 5.74. The van der Waals surface area contributed by atoms with Crippen LogP contribution in [0, 0.1) is 3.57 Å². The molecule has 3 nitrogen and oxygen atoms in total. The van der Waals surface area contributed by atoms with E-state index in [4.69, 9.17) is 11.6 Å². The number of imidazole rings is 1. The Kier molecular flexibility index (Phi) is 3.10. The smallest absolute Gasteiger partial charge is 0.0994 e. The molecule has 0 amide bonds. The highest BCUT2D eigenvalue weighted by Gasteiger charge is 2.23. The van der Waals surface area contributed by atoms with Gasteiger partial charge in [0.15, 0.2) is 0 Å². The van der Waals surface area contributed by atoms with E-state index in [0.29, 0.717) is 5.92 Å². The molecule has 3 rings (SSSR count). The fraction of sp³-hybridized carbons (Fsp3) is 0.250. The van der Waals surface area contributed by atoms with Crippen molar-refractivity contribution in [2.24, 2.45) is 0 Å². The van der Waals surface area contributed by atoms with Crippen LogP contribution in [0.5, 0.6) is 0 Å². The minimum atomic E-state index is 0.573. The van der Waals surface area contributed by atoms with E-state index >= 15 is 0 Å². The Morgan fingerprint density at radius 1 is 1.41 bits per heavy atom. The van der Waals surface area contributed by atoms with Gasteiger partial charge in [-0.15, -0.1) is 0 Å². The first-order valence-electron chi connectivity index (χ1n) is 5.44. The minimum Gasteiger partial charge on any atom is -0.315 e. The second kappa shape index (κ2) is 4.59. The standard InChI is InChI=1S/C12H11ClIN3/c13-9-1-2-11(10(14)3-9)17-7-16-6-12(17)8-4-15-5-8/h1-3,6-8,15H,4-5H2. The molecule has 0 unspecified atom stereocenters. The number of rotatable bonds is 2. The molecule has 0 saturated carbocycles. The lowest BCUT2D eigenvalue weighted by molar-refractivity contribution is 0.435. The highest BCUT2D eigenvalue weighted by Crippen LogP contribution is 2.26. The molecule has 0 radical (unpaired) electrons. The third-order valence-electron chi connectivity index (χ3n) is 3.04. The van der Waals surface area contributed by atoms with Crippen molar-refractivity contribution in [3.63, 3.8) is 0 Å². The molecule has 1 N–H and O–H groups in total. The van der Waals surface area contributed by atoms with Crippen molar-refractivity contribution in [3.8, 4) is 5.69 Å². The van der Waals surface area contributed by atoms with Gasteiger partial charge < -0.3 is 9.88 Å². The maximum Gasteiger partial charge on any atom is 0.0994 e. The molecule has 2 heterocycles. The summed E-state index contributed by atoms with van der Waals surface area (Å²) in [5.41, 5.74) is 2.42. The van der Waals surface area contributed by atoms with Crippen molar-refractivity contribution < 1.29 is 0 Å². The Morgan fingerprint density at radius 2 is 2.24 bits per heavy atom. The molecule has 1 saturated heterocycles. The second-order valence-electron chi connectivity index (χ2n) is 4.14. The van der Waals surface area contributed by atoms with Crippen molar-refractivity contribution in [2.75, 3.05) is 13.1 Å². The summed E-state index contributed by atoms with van der Waals surface area (Å²) in [5, 5.41) is 4.06. The zero-order chi connectivity index (χ0) is 11.8. The van der Waals surface area contributed by atoms with E-state index in [1.54, 1.807) is 0 Å². The largest absolute Gasteiger partial charge is 0.315 e. The van der Waals surface area contributed by atoms with Crippen molar-refractivity contribution >= 4 is 34.2 Å². The summed E-state index contributed by atoms with van der Waals surface area (Å²) in [6.07, 6.45) is 3.83. The third-order valence-corrected chi connectivity index (χ3v) is 4.14. The molecule has 1 aromatic heterocycles. The molecule has 0 aliphatic carbocycles. The molecule has 88 valence electrons. The van der Waals surface area contributed by atoms with Gasteiger partial charge in [-0.3, -0.25) is 0 Å². The van der Waals surface area contributed by atoms with Crippen LogP contribution in [0.4, 0.5) is 0 Å². The Labute approximate surface area is 118 Å². The maximum absolute atomic E-state index is 5.98. The molecule has 1 aliphatic heterocycles. The lowest BCUT2D eigenvalue weighted by Gasteiger charge is -2.28. The van der Waals surface area contributed by atoms with Gasteiger partial charge in [0.2, 0.25) is 0 Å². The molecule has 1 aromatic carbocycles. The summed E-state index contributed by atoms with van der Waals surface area (Å²) in [7, 11) is 0. The van der Waals surface area contributed by atoms with Crippen LogP contribution in [-0.2, 0) is 0 Å². The summed E-state index contributed by atoms with van der Waals surface area (Å²) < 4.78 is 3.30. The third kappa shape index (κ3) is 2.09. The van der Waals surface area contributed by atoms with Crippen LogP contribution in [0.1, 0.15) is 11.6 Å². The number of aromatic nitrogens is 2. The molecule has 0 bridgehead atoms. The van der Waals surface area contributed by atoms with Gasteiger partial charge in [-0.05, 0) is 40.8 Å². The normalized spacial score (nSPS) is 15.9. The highest BCUT2D eigenvalue weighted by atomic mass is 127. The van der Waals surface area contributed by atoms with E-state index in [1.165, 1.54) is 5.69 Å². The molecule has 0 atom stereocenters. The van der Waals surface area contributed by atoms with Gasteiger partial charge in [-0.2, -0.15) is 0 Å². The number of hydrogen-bond acceptors (Lipinski definition) is 2. The Morgan fingerprint density at radius 3 is 2.88 bits per heavy atom. The van der Waals surface area contributed by atoms with Crippen LogP contribution in [0.3, 0.4) is 0 Å². The molecule has 0 spiro atoms. The minimum absolute atomic E-state index is 0.573. The number of halogens is 2. The fourth-order valence-corrected chi connectivity index (χ4v) is 3.11. The first kappa shape index (κ1) is 11.5. The van der Waals surface area contributed by atoms with Crippen LogP contribution in [-0.4, -0.2) is 22.6 Å². The zero-order valence-corrected chi connectivity index (χ0v) is 11.9. The van der Waals surface area contributed by atoms with Crippen molar-refractivity contribution in [2.45, 2.75) is 5.92 Å². The van der Waals surface area contributed by atoms with Crippen LogP contribution in [0.15, 0.2) is 30.7 Å². The van der Waals surface area contributed by atoms with Crippen LogP contribution < -0.4 is 5.32 Å². The summed E-state index contributed by atoms with van der Waals surface area (Å²) in [5.74, 6) is 0.573. The first-order chi connectivity index (χ1) is 8.25. The van der Waals surface area contributed by atoms with Crippen LogP contribution in [0.25, 0.3) is 5.69 Å². The fourth-order valence-electron chi connectivity index (χ4n) is 1.98. The van der Waals surface area contributed by atoms with Gasteiger partial charge in [0.25, 0.3) is 0 Å². The lowest BCUT2D eigenvalue weighted by Crippen LogP contribution is -2.40. The molecule has 2 aromatic rings. The monoisotopic (exact) mass is 359 g/mol. The van der Waals surface area contributed by atoms with Crippen LogP contribution >= 0.6 is 34.2 Å². The van der Waals surface area contributed by atoms with Crippen molar-refractivity contribution in [3.05, 3.63) is 45.0 Å². The Hall–Kier alpha value is -0.590. The van der Waals surface area contributed by atoms with E-state index in [0.717, 1.165) is 27.4 Å². The summed E-state index contributed by atoms with van der Waals surface area (Å²) in [6.45, 7) is 2.08. The summed E-state index contributed by atoms with van der Waals surface area (Å²) >= 11 is 8.29. The SMILES string of the molecule is Clc1ccc(-n2cncc2C2CNC2)c(I)c1. The predicted octanol–water partition coefficient (Wildman–Crippen LogP) is 2.82. The number of nitrogens with zero attached hydrogens (tertiary/aromatic N) is 2. The van der Waals surface area contributed by atoms with Crippen LogP contribution in [0.2, 0.25) is 5.02 Å². The quantitative estimate of drug-likeness (QED) is 0.836.